The third kappa shape index (κ3) is 12.0. The summed E-state index contributed by atoms with van der Waals surface area (Å²) in [7, 11) is 0. The Labute approximate surface area is 188 Å². The van der Waals surface area contributed by atoms with Gasteiger partial charge in [0.1, 0.15) is 11.4 Å². The fourth-order valence-corrected chi connectivity index (χ4v) is 3.25. The molecule has 178 valence electrons. The van der Waals surface area contributed by atoms with Gasteiger partial charge in [-0.25, -0.2) is 4.79 Å². The molecule has 6 nitrogen and oxygen atoms in total. The topological polar surface area (TPSA) is 88.0 Å². The van der Waals surface area contributed by atoms with Crippen LogP contribution in [0.3, 0.4) is 0 Å². The third-order valence-corrected chi connectivity index (χ3v) is 5.20. The van der Waals surface area contributed by atoms with Crippen molar-refractivity contribution in [2.24, 2.45) is 0 Å². The van der Waals surface area contributed by atoms with Crippen molar-refractivity contribution in [1.82, 2.24) is 5.32 Å². The zero-order valence-corrected chi connectivity index (χ0v) is 19.9. The van der Waals surface area contributed by atoms with Crippen LogP contribution in [0, 0.1) is 0 Å². The second-order valence-corrected chi connectivity index (χ2v) is 9.34. The highest BCUT2D eigenvalue weighted by Crippen LogP contribution is 2.19. The first-order valence-electron chi connectivity index (χ1n) is 11.7. The molecule has 3 N–H and O–H groups in total. The van der Waals surface area contributed by atoms with Gasteiger partial charge in [0, 0.05) is 0 Å². The quantitative estimate of drug-likeness (QED) is 0.336. The normalized spacial score (nSPS) is 11.9. The molecule has 0 bridgehead atoms. The first-order valence-corrected chi connectivity index (χ1v) is 11.7. The van der Waals surface area contributed by atoms with E-state index in [0.29, 0.717) is 12.8 Å². The van der Waals surface area contributed by atoms with E-state index >= 15 is 0 Å². The second kappa shape index (κ2) is 14.3. The zero-order valence-electron chi connectivity index (χ0n) is 19.9. The summed E-state index contributed by atoms with van der Waals surface area (Å²) in [4.78, 5) is 12.1. The minimum absolute atomic E-state index is 0.373. The molecule has 0 aliphatic carbocycles. The summed E-state index contributed by atoms with van der Waals surface area (Å²) in [6.07, 6.45) is 9.14. The van der Waals surface area contributed by atoms with E-state index in [1.807, 2.05) is 24.3 Å². The number of ether oxygens (including phenoxy) is 2. The number of benzene rings is 1. The number of aliphatic hydroxyl groups is 2. The van der Waals surface area contributed by atoms with Crippen LogP contribution in [0.15, 0.2) is 24.3 Å². The first kappa shape index (κ1) is 27.2. The van der Waals surface area contributed by atoms with E-state index in [0.717, 1.165) is 24.3 Å². The van der Waals surface area contributed by atoms with Gasteiger partial charge < -0.3 is 25.0 Å². The molecule has 0 aliphatic heterocycles. The molecule has 0 saturated carbocycles. The summed E-state index contributed by atoms with van der Waals surface area (Å²) >= 11 is 0. The summed E-state index contributed by atoms with van der Waals surface area (Å²) in [5, 5.41) is 22.2. The molecule has 1 rings (SSSR count). The third-order valence-electron chi connectivity index (χ3n) is 5.20. The van der Waals surface area contributed by atoms with E-state index in [2.05, 4.69) is 12.2 Å². The molecule has 31 heavy (non-hydrogen) atoms. The van der Waals surface area contributed by atoms with Crippen LogP contribution in [-0.2, 0) is 11.2 Å². The average Bonchev–Trinajstić information content (AvgIpc) is 2.72. The summed E-state index contributed by atoms with van der Waals surface area (Å²) in [6, 6.07) is 7.84. The Morgan fingerprint density at radius 3 is 2.06 bits per heavy atom. The molecule has 0 spiro atoms. The summed E-state index contributed by atoms with van der Waals surface area (Å²) in [5.74, 6) is 0.845. The molecule has 6 heteroatoms. The number of amides is 1. The minimum atomic E-state index is -1.13. The number of unbranched alkanes of at least 4 members (excludes halogenated alkanes) is 6. The van der Waals surface area contributed by atoms with E-state index in [1.54, 1.807) is 20.8 Å². The number of nitrogens with one attached hydrogen (secondary N) is 1. The maximum atomic E-state index is 12.1. The lowest BCUT2D eigenvalue weighted by molar-refractivity contribution is 0.0276. The molecule has 0 unspecified atom stereocenters. The van der Waals surface area contributed by atoms with Gasteiger partial charge in [0.25, 0.3) is 0 Å². The van der Waals surface area contributed by atoms with Crippen LogP contribution >= 0.6 is 0 Å². The highest BCUT2D eigenvalue weighted by Gasteiger charge is 2.32. The lowest BCUT2D eigenvalue weighted by atomic mass is 9.93. The van der Waals surface area contributed by atoms with Crippen molar-refractivity contribution >= 4 is 6.09 Å². The zero-order chi connectivity index (χ0) is 23.2. The Balaban J connectivity index is 2.42. The Kier molecular flexibility index (Phi) is 12.6. The van der Waals surface area contributed by atoms with E-state index in [-0.39, 0.29) is 13.2 Å². The lowest BCUT2D eigenvalue weighted by Gasteiger charge is -2.32. The summed E-state index contributed by atoms with van der Waals surface area (Å²) in [5.41, 5.74) is -0.735. The minimum Gasteiger partial charge on any atom is -0.494 e. The van der Waals surface area contributed by atoms with Crippen molar-refractivity contribution in [1.29, 1.82) is 0 Å². The van der Waals surface area contributed by atoms with Crippen LogP contribution in [0.2, 0.25) is 0 Å². The lowest BCUT2D eigenvalue weighted by Crippen LogP contribution is -2.55. The Hall–Kier alpha value is -1.79. The van der Waals surface area contributed by atoms with E-state index in [9.17, 15) is 15.0 Å². The molecule has 0 atom stereocenters. The number of hydrogen-bond donors (Lipinski definition) is 3. The van der Waals surface area contributed by atoms with Gasteiger partial charge in [0.05, 0.1) is 25.4 Å². The van der Waals surface area contributed by atoms with Crippen molar-refractivity contribution in [2.45, 2.75) is 96.6 Å². The molecular formula is C25H43NO5. The Morgan fingerprint density at radius 2 is 1.52 bits per heavy atom. The average molecular weight is 438 g/mol. The van der Waals surface area contributed by atoms with Crippen LogP contribution in [0.25, 0.3) is 0 Å². The molecular weight excluding hydrogens is 394 g/mol. The number of aryl methyl sites for hydroxylation is 1. The van der Waals surface area contributed by atoms with E-state index in [4.69, 9.17) is 9.47 Å². The Bertz CT molecular complexity index is 605. The van der Waals surface area contributed by atoms with Gasteiger partial charge in [0.15, 0.2) is 0 Å². The number of rotatable bonds is 15. The maximum absolute atomic E-state index is 12.1. The van der Waals surface area contributed by atoms with Gasteiger partial charge in [-0.2, -0.15) is 0 Å². The SMILES string of the molecule is CCCCCCCCCOc1ccc(CCC(CO)(CO)NC(=O)OC(C)(C)C)cc1. The number of aliphatic hydroxyl groups excluding tert-OH is 2. The van der Waals surface area contributed by atoms with Crippen LogP contribution < -0.4 is 10.1 Å². The second-order valence-electron chi connectivity index (χ2n) is 9.34. The van der Waals surface area contributed by atoms with Gasteiger partial charge in [-0.1, -0.05) is 57.6 Å². The van der Waals surface area contributed by atoms with Gasteiger partial charge in [0.2, 0.25) is 0 Å². The standard InChI is InChI=1S/C25H43NO5/c1-5-6-7-8-9-10-11-18-30-22-14-12-21(13-15-22)16-17-25(19-27,20-28)26-23(29)31-24(2,3)4/h12-15,27-28H,5-11,16-20H2,1-4H3,(H,26,29). The molecule has 1 aromatic carbocycles. The van der Waals surface area contributed by atoms with Crippen molar-refractivity contribution in [2.75, 3.05) is 19.8 Å². The van der Waals surface area contributed by atoms with Crippen molar-refractivity contribution in [3.63, 3.8) is 0 Å². The molecule has 0 heterocycles. The number of carbonyl (C=O) groups is 1. The predicted molar refractivity (Wildman–Crippen MR) is 125 cm³/mol. The predicted octanol–water partition coefficient (Wildman–Crippen LogP) is 5.00. The monoisotopic (exact) mass is 437 g/mol. The van der Waals surface area contributed by atoms with Gasteiger partial charge >= 0.3 is 6.09 Å². The van der Waals surface area contributed by atoms with Crippen LogP contribution in [0.5, 0.6) is 5.75 Å². The van der Waals surface area contributed by atoms with Gasteiger partial charge in [-0.15, -0.1) is 0 Å². The van der Waals surface area contributed by atoms with Crippen LogP contribution in [-0.4, -0.2) is 47.3 Å². The van der Waals surface area contributed by atoms with Crippen LogP contribution in [0.4, 0.5) is 4.79 Å². The Morgan fingerprint density at radius 1 is 0.935 bits per heavy atom. The molecule has 0 aliphatic rings. The number of alkyl carbamates (subject to hydrolysis) is 1. The fourth-order valence-electron chi connectivity index (χ4n) is 3.25. The molecule has 0 radical (unpaired) electrons. The summed E-state index contributed by atoms with van der Waals surface area (Å²) < 4.78 is 11.1. The van der Waals surface area contributed by atoms with Crippen molar-refractivity contribution in [3.05, 3.63) is 29.8 Å². The molecule has 0 aromatic heterocycles. The van der Waals surface area contributed by atoms with Gasteiger partial charge in [-0.05, 0) is 57.7 Å². The van der Waals surface area contributed by atoms with Gasteiger partial charge in [-0.3, -0.25) is 0 Å². The molecule has 0 fully saturated rings. The van der Waals surface area contributed by atoms with Crippen molar-refractivity contribution < 1.29 is 24.5 Å². The highest BCUT2D eigenvalue weighted by molar-refractivity contribution is 5.68. The first-order chi connectivity index (χ1) is 14.7. The fraction of sp³-hybridized carbons (Fsp3) is 0.720. The largest absolute Gasteiger partial charge is 0.494 e. The maximum Gasteiger partial charge on any atom is 0.408 e. The van der Waals surface area contributed by atoms with E-state index < -0.39 is 17.2 Å². The number of carbonyl (C=O) groups excluding carboxylic acids is 1. The van der Waals surface area contributed by atoms with Crippen molar-refractivity contribution in [3.8, 4) is 5.75 Å². The highest BCUT2D eigenvalue weighted by atomic mass is 16.6. The number of hydrogen-bond acceptors (Lipinski definition) is 5. The smallest absolute Gasteiger partial charge is 0.408 e. The summed E-state index contributed by atoms with van der Waals surface area (Å²) in [6.45, 7) is 7.52. The van der Waals surface area contributed by atoms with Crippen LogP contribution in [0.1, 0.15) is 84.6 Å². The molecule has 1 aromatic rings. The van der Waals surface area contributed by atoms with E-state index in [1.165, 1.54) is 38.5 Å². The molecule has 0 saturated heterocycles. The molecule has 1 amide bonds.